The van der Waals surface area contributed by atoms with Crippen molar-refractivity contribution in [3.8, 4) is 5.75 Å². The number of ether oxygens (including phenoxy) is 2. The number of nitrogen functional groups attached to an aromatic ring is 1. The van der Waals surface area contributed by atoms with Gasteiger partial charge in [-0.25, -0.2) is 9.78 Å². The van der Waals surface area contributed by atoms with Crippen LogP contribution in [-0.4, -0.2) is 71.9 Å². The van der Waals surface area contributed by atoms with Crippen molar-refractivity contribution in [2.45, 2.75) is 57.8 Å². The zero-order valence-corrected chi connectivity index (χ0v) is 17.4. The SMILES string of the molecule is CN1CC[C@@H](Oc2cnc(N)c(NC3CCN(C(=O)OC(C)(C)C)CC3)c2)C1. The maximum absolute atomic E-state index is 12.2. The van der Waals surface area contributed by atoms with E-state index >= 15 is 0 Å². The quantitative estimate of drug-likeness (QED) is 0.815. The standard InChI is InChI=1S/C20H33N5O3/c1-20(2,3)28-19(26)25-9-5-14(6-10-25)23-17-11-16(12-22-18(17)21)27-15-7-8-24(4)13-15/h11-12,14-15,23H,5-10,13H2,1-4H3,(H2,21,22)/t15-/m1/s1. The topological polar surface area (TPSA) is 93.0 Å². The molecule has 28 heavy (non-hydrogen) atoms. The van der Waals surface area contributed by atoms with Gasteiger partial charge in [-0.3, -0.25) is 0 Å². The zero-order chi connectivity index (χ0) is 20.3. The fourth-order valence-electron chi connectivity index (χ4n) is 3.57. The number of pyridine rings is 1. The van der Waals surface area contributed by atoms with Crippen LogP contribution >= 0.6 is 0 Å². The second-order valence-electron chi connectivity index (χ2n) is 8.78. The van der Waals surface area contributed by atoms with Crippen molar-refractivity contribution in [1.82, 2.24) is 14.8 Å². The molecule has 1 aromatic rings. The van der Waals surface area contributed by atoms with Gasteiger partial charge in [0.05, 0.1) is 11.9 Å². The van der Waals surface area contributed by atoms with E-state index in [1.807, 2.05) is 26.8 Å². The van der Waals surface area contributed by atoms with E-state index in [1.54, 1.807) is 11.1 Å². The van der Waals surface area contributed by atoms with Gasteiger partial charge in [0.2, 0.25) is 0 Å². The fraction of sp³-hybridized carbons (Fsp3) is 0.700. The Bertz CT molecular complexity index is 683. The van der Waals surface area contributed by atoms with Crippen molar-refractivity contribution < 1.29 is 14.3 Å². The highest BCUT2D eigenvalue weighted by molar-refractivity contribution is 5.68. The van der Waals surface area contributed by atoms with Crippen molar-refractivity contribution >= 4 is 17.6 Å². The van der Waals surface area contributed by atoms with Crippen LogP contribution in [0.5, 0.6) is 5.75 Å². The number of hydrogen-bond acceptors (Lipinski definition) is 7. The lowest BCUT2D eigenvalue weighted by Gasteiger charge is -2.34. The van der Waals surface area contributed by atoms with E-state index in [9.17, 15) is 4.79 Å². The van der Waals surface area contributed by atoms with Crippen molar-refractivity contribution in [1.29, 1.82) is 0 Å². The lowest BCUT2D eigenvalue weighted by Crippen LogP contribution is -2.44. The number of likely N-dealkylation sites (tertiary alicyclic amines) is 2. The van der Waals surface area contributed by atoms with Gasteiger partial charge in [0.25, 0.3) is 0 Å². The third kappa shape index (κ3) is 5.64. The molecule has 1 atom stereocenters. The lowest BCUT2D eigenvalue weighted by molar-refractivity contribution is 0.0210. The first-order chi connectivity index (χ1) is 13.2. The van der Waals surface area contributed by atoms with Crippen LogP contribution in [0.15, 0.2) is 12.3 Å². The van der Waals surface area contributed by atoms with E-state index < -0.39 is 5.60 Å². The summed E-state index contributed by atoms with van der Waals surface area (Å²) in [7, 11) is 2.10. The monoisotopic (exact) mass is 391 g/mol. The van der Waals surface area contributed by atoms with Crippen LogP contribution in [0.1, 0.15) is 40.0 Å². The molecule has 3 N–H and O–H groups in total. The summed E-state index contributed by atoms with van der Waals surface area (Å²) in [6.45, 7) is 8.94. The van der Waals surface area contributed by atoms with Gasteiger partial charge in [0.1, 0.15) is 23.3 Å². The van der Waals surface area contributed by atoms with Crippen LogP contribution in [0.25, 0.3) is 0 Å². The molecule has 0 spiro atoms. The highest BCUT2D eigenvalue weighted by Crippen LogP contribution is 2.27. The molecule has 1 amide bonds. The summed E-state index contributed by atoms with van der Waals surface area (Å²) in [5, 5.41) is 3.47. The Morgan fingerprint density at radius 2 is 1.96 bits per heavy atom. The fourth-order valence-corrected chi connectivity index (χ4v) is 3.57. The molecule has 0 saturated carbocycles. The van der Waals surface area contributed by atoms with Gasteiger partial charge in [-0.2, -0.15) is 0 Å². The summed E-state index contributed by atoms with van der Waals surface area (Å²) in [6.07, 6.45) is 4.31. The van der Waals surface area contributed by atoms with Gasteiger partial charge in [-0.15, -0.1) is 0 Å². The van der Waals surface area contributed by atoms with Crippen LogP contribution in [0.2, 0.25) is 0 Å². The minimum absolute atomic E-state index is 0.195. The molecular weight excluding hydrogens is 358 g/mol. The van der Waals surface area contributed by atoms with Gasteiger partial charge >= 0.3 is 6.09 Å². The lowest BCUT2D eigenvalue weighted by atomic mass is 10.1. The van der Waals surface area contributed by atoms with E-state index in [-0.39, 0.29) is 18.2 Å². The van der Waals surface area contributed by atoms with Crippen molar-refractivity contribution in [2.75, 3.05) is 44.3 Å². The third-order valence-electron chi connectivity index (χ3n) is 5.05. The molecule has 0 aromatic carbocycles. The number of nitrogens with two attached hydrogens (primary N) is 1. The maximum Gasteiger partial charge on any atom is 0.410 e. The minimum Gasteiger partial charge on any atom is -0.487 e. The number of nitrogens with zero attached hydrogens (tertiary/aromatic N) is 3. The largest absolute Gasteiger partial charge is 0.487 e. The van der Waals surface area contributed by atoms with E-state index in [1.165, 1.54) is 0 Å². The Labute approximate surface area is 167 Å². The Morgan fingerprint density at radius 1 is 1.25 bits per heavy atom. The Kier molecular flexibility index (Phi) is 6.17. The molecule has 1 aromatic heterocycles. The molecule has 8 heteroatoms. The highest BCUT2D eigenvalue weighted by Gasteiger charge is 2.27. The van der Waals surface area contributed by atoms with Crippen LogP contribution in [0.3, 0.4) is 0 Å². The van der Waals surface area contributed by atoms with Gasteiger partial charge in [-0.05, 0) is 47.1 Å². The molecule has 2 aliphatic heterocycles. The first-order valence-corrected chi connectivity index (χ1v) is 10.0. The van der Waals surface area contributed by atoms with Crippen molar-refractivity contribution in [3.05, 3.63) is 12.3 Å². The molecule has 8 nitrogen and oxygen atoms in total. The molecule has 2 aliphatic rings. The van der Waals surface area contributed by atoms with Crippen LogP contribution in [-0.2, 0) is 4.74 Å². The first-order valence-electron chi connectivity index (χ1n) is 10.0. The van der Waals surface area contributed by atoms with Gasteiger partial charge < -0.3 is 30.3 Å². The number of hydrogen-bond donors (Lipinski definition) is 2. The summed E-state index contributed by atoms with van der Waals surface area (Å²) in [4.78, 5) is 20.5. The Balaban J connectivity index is 1.53. The summed E-state index contributed by atoms with van der Waals surface area (Å²) in [6, 6.07) is 2.16. The maximum atomic E-state index is 12.2. The molecule has 0 aliphatic carbocycles. The molecular formula is C20H33N5O3. The predicted octanol–water partition coefficient (Wildman–Crippen LogP) is 2.56. The first kappa shape index (κ1) is 20.5. The molecule has 2 fully saturated rings. The number of anilines is 2. The highest BCUT2D eigenvalue weighted by atomic mass is 16.6. The summed E-state index contributed by atoms with van der Waals surface area (Å²) < 4.78 is 11.5. The number of carbonyl (C=O) groups excluding carboxylic acids is 1. The molecule has 3 rings (SSSR count). The average Bonchev–Trinajstić information content (AvgIpc) is 3.02. The van der Waals surface area contributed by atoms with Crippen molar-refractivity contribution in [2.24, 2.45) is 0 Å². The van der Waals surface area contributed by atoms with E-state index in [0.29, 0.717) is 18.9 Å². The van der Waals surface area contributed by atoms with Crippen LogP contribution < -0.4 is 15.8 Å². The average molecular weight is 392 g/mol. The van der Waals surface area contributed by atoms with Gasteiger partial charge in [0.15, 0.2) is 0 Å². The number of piperidine rings is 1. The minimum atomic E-state index is -0.471. The van der Waals surface area contributed by atoms with Gasteiger partial charge in [-0.1, -0.05) is 0 Å². The van der Waals surface area contributed by atoms with Crippen molar-refractivity contribution in [3.63, 3.8) is 0 Å². The normalized spacial score (nSPS) is 21.6. The third-order valence-corrected chi connectivity index (χ3v) is 5.05. The molecule has 156 valence electrons. The molecule has 3 heterocycles. The number of amides is 1. The van der Waals surface area contributed by atoms with Crippen LogP contribution in [0, 0.1) is 0 Å². The van der Waals surface area contributed by atoms with E-state index in [4.69, 9.17) is 15.2 Å². The summed E-state index contributed by atoms with van der Waals surface area (Å²) in [5.41, 5.74) is 6.38. The Hall–Kier alpha value is -2.22. The van der Waals surface area contributed by atoms with E-state index in [2.05, 4.69) is 22.2 Å². The van der Waals surface area contributed by atoms with Crippen LogP contribution in [0.4, 0.5) is 16.3 Å². The zero-order valence-electron chi connectivity index (χ0n) is 17.4. The molecule has 0 bridgehead atoms. The van der Waals surface area contributed by atoms with Gasteiger partial charge in [0, 0.05) is 38.3 Å². The van der Waals surface area contributed by atoms with E-state index in [0.717, 1.165) is 43.8 Å². The summed E-state index contributed by atoms with van der Waals surface area (Å²) in [5.74, 6) is 1.20. The predicted molar refractivity (Wildman–Crippen MR) is 110 cm³/mol. The summed E-state index contributed by atoms with van der Waals surface area (Å²) >= 11 is 0. The Morgan fingerprint density at radius 3 is 2.57 bits per heavy atom. The number of likely N-dealkylation sites (N-methyl/N-ethyl adjacent to an activating group) is 1. The molecule has 2 saturated heterocycles. The second kappa shape index (κ2) is 8.43. The number of rotatable bonds is 4. The second-order valence-corrected chi connectivity index (χ2v) is 8.78. The smallest absolute Gasteiger partial charge is 0.410 e. The number of nitrogens with one attached hydrogen (secondary N) is 1. The molecule has 0 radical (unpaired) electrons. The number of aromatic nitrogens is 1. The number of carbonyl (C=O) groups is 1. The molecule has 0 unspecified atom stereocenters.